The summed E-state index contributed by atoms with van der Waals surface area (Å²) >= 11 is 6.69. The maximum Gasteiger partial charge on any atom is 0.290 e. The second-order valence-corrected chi connectivity index (χ2v) is 9.18. The fourth-order valence-corrected chi connectivity index (χ4v) is 5.66. The number of furan rings is 1. The summed E-state index contributed by atoms with van der Waals surface area (Å²) in [6, 6.07) is 3.70. The maximum atomic E-state index is 13.3. The Bertz CT molecular complexity index is 1220. The van der Waals surface area contributed by atoms with Gasteiger partial charge in [0.2, 0.25) is 0 Å². The Labute approximate surface area is 185 Å². The van der Waals surface area contributed by atoms with Crippen molar-refractivity contribution < 1.29 is 9.21 Å². The third kappa shape index (κ3) is 2.86. The van der Waals surface area contributed by atoms with Crippen LogP contribution in [0.25, 0.3) is 11.0 Å². The molecule has 2 aromatic heterocycles. The molecule has 160 valence electrons. The zero-order valence-electron chi connectivity index (χ0n) is 17.2. The lowest BCUT2D eigenvalue weighted by molar-refractivity contribution is 0.0677. The summed E-state index contributed by atoms with van der Waals surface area (Å²) in [6.45, 7) is 5.96. The fraction of sp³-hybridized carbons (Fsp3) is 0.391. The number of aromatic nitrogens is 2. The molecule has 0 saturated heterocycles. The molecule has 1 aliphatic carbocycles. The van der Waals surface area contributed by atoms with Gasteiger partial charge in [0, 0.05) is 36.4 Å². The Balaban J connectivity index is 1.44. The zero-order chi connectivity index (χ0) is 21.2. The van der Waals surface area contributed by atoms with Crippen molar-refractivity contribution in [2.45, 2.75) is 50.7 Å². The van der Waals surface area contributed by atoms with Crippen LogP contribution >= 0.6 is 11.6 Å². The second-order valence-electron chi connectivity index (χ2n) is 8.77. The van der Waals surface area contributed by atoms with Crippen LogP contribution in [-0.4, -0.2) is 26.9 Å². The normalized spacial score (nSPS) is 19.6. The van der Waals surface area contributed by atoms with Gasteiger partial charge in [-0.3, -0.25) is 4.79 Å². The third-order valence-corrected chi connectivity index (χ3v) is 7.15. The number of halogens is 1. The van der Waals surface area contributed by atoms with Gasteiger partial charge >= 0.3 is 0 Å². The Morgan fingerprint density at radius 3 is 2.90 bits per heavy atom. The van der Waals surface area contributed by atoms with E-state index in [9.17, 15) is 4.79 Å². The molecular weight excluding hydrogens is 414 g/mol. The number of imidazole rings is 1. The highest BCUT2D eigenvalue weighted by molar-refractivity contribution is 6.34. The van der Waals surface area contributed by atoms with Crippen molar-refractivity contribution in [1.29, 1.82) is 0 Å². The first-order valence-electron chi connectivity index (χ1n) is 10.8. The molecule has 2 aliphatic heterocycles. The first-order chi connectivity index (χ1) is 15.0. The van der Waals surface area contributed by atoms with E-state index in [1.54, 1.807) is 11.1 Å². The number of carbonyl (C=O) groups is 1. The summed E-state index contributed by atoms with van der Waals surface area (Å²) in [6.07, 6.45) is 9.15. The minimum Gasteiger partial charge on any atom is -0.450 e. The molecule has 0 bridgehead atoms. The number of hydrogen-bond donors (Lipinski definition) is 2. The minimum absolute atomic E-state index is 0.117. The van der Waals surface area contributed by atoms with Crippen LogP contribution < -0.4 is 10.6 Å². The number of amides is 1. The number of anilines is 1. The summed E-state index contributed by atoms with van der Waals surface area (Å²) in [7, 11) is 0. The van der Waals surface area contributed by atoms with Gasteiger partial charge in [0.15, 0.2) is 5.76 Å². The first kappa shape index (κ1) is 18.8. The number of nitrogens with zero attached hydrogens (tertiary/aromatic N) is 3. The van der Waals surface area contributed by atoms with Gasteiger partial charge < -0.3 is 24.5 Å². The van der Waals surface area contributed by atoms with Crippen LogP contribution in [0.2, 0.25) is 5.02 Å². The predicted molar refractivity (Wildman–Crippen MR) is 119 cm³/mol. The van der Waals surface area contributed by atoms with Crippen LogP contribution in [0.5, 0.6) is 0 Å². The Kier molecular flexibility index (Phi) is 4.12. The van der Waals surface area contributed by atoms with Gasteiger partial charge in [-0.25, -0.2) is 4.98 Å². The molecule has 6 rings (SSSR count). The Hall–Kier alpha value is -2.93. The van der Waals surface area contributed by atoms with Crippen LogP contribution in [-0.2, 0) is 18.6 Å². The van der Waals surface area contributed by atoms with E-state index in [0.29, 0.717) is 23.9 Å². The molecule has 3 aromatic rings. The SMILES string of the molecule is C=C1Nc2c(Cl)cc3cc(C(=O)N4CCn5ccnc5C4)oc3c2C2(CCCCC2)N1. The second kappa shape index (κ2) is 6.79. The molecule has 1 spiro atoms. The number of benzene rings is 1. The van der Waals surface area contributed by atoms with Crippen LogP contribution in [0.4, 0.5) is 5.69 Å². The lowest BCUT2D eigenvalue weighted by Crippen LogP contribution is -2.48. The van der Waals surface area contributed by atoms with Crippen molar-refractivity contribution >= 4 is 34.2 Å². The van der Waals surface area contributed by atoms with Gasteiger partial charge in [-0.1, -0.05) is 37.4 Å². The van der Waals surface area contributed by atoms with E-state index in [2.05, 4.69) is 26.8 Å². The summed E-state index contributed by atoms with van der Waals surface area (Å²) < 4.78 is 8.36. The molecule has 31 heavy (non-hydrogen) atoms. The lowest BCUT2D eigenvalue weighted by atomic mass is 9.74. The average Bonchev–Trinajstić information content (AvgIpc) is 3.40. The van der Waals surface area contributed by atoms with Gasteiger partial charge in [0.1, 0.15) is 11.4 Å². The number of fused-ring (bicyclic) bond motifs is 5. The van der Waals surface area contributed by atoms with Crippen molar-refractivity contribution in [1.82, 2.24) is 19.8 Å². The number of rotatable bonds is 1. The maximum absolute atomic E-state index is 13.3. The number of nitrogens with one attached hydrogen (secondary N) is 2. The summed E-state index contributed by atoms with van der Waals surface area (Å²) in [5, 5.41) is 8.36. The summed E-state index contributed by atoms with van der Waals surface area (Å²) in [5.41, 5.74) is 2.33. The molecule has 1 aromatic carbocycles. The largest absolute Gasteiger partial charge is 0.450 e. The number of hydrogen-bond acceptors (Lipinski definition) is 5. The van der Waals surface area contributed by atoms with E-state index in [0.717, 1.165) is 66.1 Å². The summed E-state index contributed by atoms with van der Waals surface area (Å²) in [4.78, 5) is 19.4. The molecular formula is C23H24ClN5O2. The first-order valence-corrected chi connectivity index (χ1v) is 11.2. The number of carbonyl (C=O) groups excluding carboxylic acids is 1. The van der Waals surface area contributed by atoms with Crippen molar-refractivity contribution in [3.63, 3.8) is 0 Å². The molecule has 3 aliphatic rings. The molecule has 7 nitrogen and oxygen atoms in total. The van der Waals surface area contributed by atoms with E-state index in [-0.39, 0.29) is 11.4 Å². The zero-order valence-corrected chi connectivity index (χ0v) is 18.0. The average molecular weight is 438 g/mol. The highest BCUT2D eigenvalue weighted by atomic mass is 35.5. The Morgan fingerprint density at radius 2 is 2.06 bits per heavy atom. The monoisotopic (exact) mass is 437 g/mol. The van der Waals surface area contributed by atoms with E-state index in [1.165, 1.54) is 6.42 Å². The molecule has 0 atom stereocenters. The van der Waals surface area contributed by atoms with E-state index < -0.39 is 0 Å². The van der Waals surface area contributed by atoms with Gasteiger partial charge in [0.25, 0.3) is 5.91 Å². The van der Waals surface area contributed by atoms with E-state index in [1.807, 2.05) is 18.3 Å². The van der Waals surface area contributed by atoms with Crippen molar-refractivity contribution in [3.05, 3.63) is 59.1 Å². The third-order valence-electron chi connectivity index (χ3n) is 6.85. The van der Waals surface area contributed by atoms with Gasteiger partial charge in [0.05, 0.1) is 28.6 Å². The minimum atomic E-state index is -0.271. The van der Waals surface area contributed by atoms with Crippen LogP contribution in [0.3, 0.4) is 0 Å². The van der Waals surface area contributed by atoms with E-state index >= 15 is 0 Å². The topological polar surface area (TPSA) is 75.3 Å². The molecule has 4 heterocycles. The molecule has 0 unspecified atom stereocenters. The quantitative estimate of drug-likeness (QED) is 0.582. The molecule has 1 saturated carbocycles. The van der Waals surface area contributed by atoms with Crippen molar-refractivity contribution in [3.8, 4) is 0 Å². The standard InChI is InChI=1S/C23H24ClN5O2/c1-14-26-20-16(24)11-15-12-17(22(30)29-10-9-28-8-7-25-18(28)13-29)31-21(15)19(20)23(27-14)5-3-2-4-6-23/h7-8,11-12,26-27H,1-6,9-10,13H2. The lowest BCUT2D eigenvalue weighted by Gasteiger charge is -2.44. The van der Waals surface area contributed by atoms with Crippen molar-refractivity contribution in [2.75, 3.05) is 11.9 Å². The van der Waals surface area contributed by atoms with Crippen LogP contribution in [0, 0.1) is 0 Å². The highest BCUT2D eigenvalue weighted by Crippen LogP contribution is 2.49. The van der Waals surface area contributed by atoms with E-state index in [4.69, 9.17) is 16.0 Å². The molecule has 1 amide bonds. The highest BCUT2D eigenvalue weighted by Gasteiger charge is 2.42. The molecule has 8 heteroatoms. The van der Waals surface area contributed by atoms with Gasteiger partial charge in [-0.2, -0.15) is 0 Å². The van der Waals surface area contributed by atoms with Crippen LogP contribution in [0.15, 0.2) is 41.3 Å². The van der Waals surface area contributed by atoms with Crippen molar-refractivity contribution in [2.24, 2.45) is 0 Å². The smallest absolute Gasteiger partial charge is 0.290 e. The predicted octanol–water partition coefficient (Wildman–Crippen LogP) is 4.58. The summed E-state index contributed by atoms with van der Waals surface area (Å²) in [5.74, 6) is 1.87. The van der Waals surface area contributed by atoms with Gasteiger partial charge in [-0.05, 0) is 25.0 Å². The Morgan fingerprint density at radius 1 is 1.23 bits per heavy atom. The fourth-order valence-electron chi connectivity index (χ4n) is 5.40. The molecule has 0 radical (unpaired) electrons. The molecule has 1 fully saturated rings. The van der Waals surface area contributed by atoms with Crippen LogP contribution in [0.1, 0.15) is 54.0 Å². The van der Waals surface area contributed by atoms with Gasteiger partial charge in [-0.15, -0.1) is 0 Å². The molecule has 2 N–H and O–H groups in total.